The molecular weight excluding hydrogens is 539 g/mol. The predicted octanol–water partition coefficient (Wildman–Crippen LogP) is 8.26. The number of rotatable bonds is 6. The second-order valence-corrected chi connectivity index (χ2v) is 11.6. The molecule has 4 nitrogen and oxygen atoms in total. The number of hydrogen-bond donors (Lipinski definition) is 0. The molecule has 0 spiro atoms. The van der Waals surface area contributed by atoms with E-state index in [0.29, 0.717) is 38.1 Å². The highest BCUT2D eigenvalue weighted by Gasteiger charge is 2.34. The van der Waals surface area contributed by atoms with Crippen LogP contribution >= 0.6 is 34.8 Å². The Hall–Kier alpha value is -2.50. The predicted molar refractivity (Wildman–Crippen MR) is 157 cm³/mol. The Morgan fingerprint density at radius 1 is 0.816 bits per heavy atom. The normalized spacial score (nSPS) is 17.6. The van der Waals surface area contributed by atoms with E-state index in [1.807, 2.05) is 42.5 Å². The van der Waals surface area contributed by atoms with E-state index in [9.17, 15) is 4.79 Å². The summed E-state index contributed by atoms with van der Waals surface area (Å²) in [7, 11) is 0. The molecule has 1 unspecified atom stereocenters. The fraction of sp³-hybridized carbons (Fsp3) is 0.323. The Bertz CT molecular complexity index is 1530. The van der Waals surface area contributed by atoms with E-state index < -0.39 is 0 Å². The second kappa shape index (κ2) is 10.6. The first-order valence-electron chi connectivity index (χ1n) is 13.2. The number of hydrogen-bond acceptors (Lipinski definition) is 3. The number of fused-ring (bicyclic) bond motifs is 1. The van der Waals surface area contributed by atoms with Gasteiger partial charge in [0.05, 0.1) is 21.2 Å². The first-order chi connectivity index (χ1) is 18.4. The SMILES string of the molecule is CC(C1CC1)N1CCC(Oc2cc(-c3ccccc3Cl)c3ccc(=O)n(-c4c(Cl)cccc4Cl)c3c2)CC1. The van der Waals surface area contributed by atoms with E-state index in [0.717, 1.165) is 48.4 Å². The van der Waals surface area contributed by atoms with Crippen molar-refractivity contribution in [2.45, 2.75) is 44.8 Å². The van der Waals surface area contributed by atoms with Crippen molar-refractivity contribution in [2.24, 2.45) is 5.92 Å². The van der Waals surface area contributed by atoms with Crippen molar-refractivity contribution >= 4 is 45.7 Å². The number of pyridine rings is 1. The van der Waals surface area contributed by atoms with E-state index >= 15 is 0 Å². The Morgan fingerprint density at radius 2 is 1.50 bits per heavy atom. The molecule has 2 heterocycles. The Kier molecular flexibility index (Phi) is 7.17. The monoisotopic (exact) mass is 566 g/mol. The fourth-order valence-electron chi connectivity index (χ4n) is 5.69. The van der Waals surface area contributed by atoms with Gasteiger partial charge in [0.1, 0.15) is 11.9 Å². The lowest BCUT2D eigenvalue weighted by molar-refractivity contribution is 0.0740. The molecule has 0 N–H and O–H groups in total. The molecule has 1 atom stereocenters. The molecule has 1 aliphatic heterocycles. The standard InChI is InChI=1S/C31H29Cl3N2O2/c1-19(20-9-10-20)35-15-13-21(14-16-35)38-22-17-25(23-5-2-3-6-26(23)32)24-11-12-30(37)36(29(24)18-22)31-27(33)7-4-8-28(31)34/h2-8,11-12,17-21H,9-10,13-16H2,1H3. The number of nitrogens with zero attached hydrogens (tertiary/aromatic N) is 2. The molecule has 0 amide bonds. The summed E-state index contributed by atoms with van der Waals surface area (Å²) in [4.78, 5) is 15.9. The number of benzene rings is 3. The Balaban J connectivity index is 1.45. The van der Waals surface area contributed by atoms with Gasteiger partial charge in [0.2, 0.25) is 0 Å². The van der Waals surface area contributed by atoms with Crippen LogP contribution in [-0.4, -0.2) is 34.7 Å². The first kappa shape index (κ1) is 25.8. The quantitative estimate of drug-likeness (QED) is 0.235. The molecule has 0 radical (unpaired) electrons. The van der Waals surface area contributed by atoms with Gasteiger partial charge in [-0.25, -0.2) is 0 Å². The van der Waals surface area contributed by atoms with Crippen LogP contribution in [0.4, 0.5) is 0 Å². The number of para-hydroxylation sites is 1. The molecule has 38 heavy (non-hydrogen) atoms. The van der Waals surface area contributed by atoms with Crippen LogP contribution in [-0.2, 0) is 0 Å². The lowest BCUT2D eigenvalue weighted by Gasteiger charge is -2.36. The second-order valence-electron chi connectivity index (χ2n) is 10.4. The third-order valence-electron chi connectivity index (χ3n) is 7.97. The highest BCUT2D eigenvalue weighted by molar-refractivity contribution is 6.38. The van der Waals surface area contributed by atoms with Gasteiger partial charge in [0.25, 0.3) is 5.56 Å². The van der Waals surface area contributed by atoms with Gasteiger partial charge >= 0.3 is 0 Å². The molecule has 2 fully saturated rings. The Morgan fingerprint density at radius 3 is 2.18 bits per heavy atom. The van der Waals surface area contributed by atoms with Gasteiger partial charge in [-0.1, -0.05) is 59.1 Å². The summed E-state index contributed by atoms with van der Waals surface area (Å²) in [5.41, 5.74) is 2.65. The van der Waals surface area contributed by atoms with Crippen LogP contribution < -0.4 is 10.3 Å². The molecule has 196 valence electrons. The number of piperidine rings is 1. The van der Waals surface area contributed by atoms with E-state index in [1.165, 1.54) is 12.8 Å². The van der Waals surface area contributed by atoms with Gasteiger partial charge in [-0.15, -0.1) is 0 Å². The van der Waals surface area contributed by atoms with Crippen molar-refractivity contribution in [1.29, 1.82) is 0 Å². The van der Waals surface area contributed by atoms with Crippen molar-refractivity contribution in [3.05, 3.63) is 92.2 Å². The number of halogens is 3. The van der Waals surface area contributed by atoms with Crippen LogP contribution in [0.3, 0.4) is 0 Å². The van der Waals surface area contributed by atoms with Gasteiger partial charge in [0, 0.05) is 47.2 Å². The molecule has 2 aliphatic rings. The fourth-order valence-corrected chi connectivity index (χ4v) is 6.50. The molecule has 0 bridgehead atoms. The Labute approximate surface area is 237 Å². The molecular formula is C31H29Cl3N2O2. The molecule has 6 rings (SSSR count). The van der Waals surface area contributed by atoms with Gasteiger partial charge in [-0.3, -0.25) is 9.36 Å². The number of aromatic nitrogens is 1. The average molecular weight is 568 g/mol. The van der Waals surface area contributed by atoms with E-state index in [2.05, 4.69) is 11.8 Å². The van der Waals surface area contributed by atoms with Crippen molar-refractivity contribution in [3.8, 4) is 22.6 Å². The number of ether oxygens (including phenoxy) is 1. The summed E-state index contributed by atoms with van der Waals surface area (Å²) < 4.78 is 8.19. The van der Waals surface area contributed by atoms with Gasteiger partial charge in [-0.05, 0) is 74.4 Å². The maximum Gasteiger partial charge on any atom is 0.255 e. The smallest absolute Gasteiger partial charge is 0.255 e. The summed E-state index contributed by atoms with van der Waals surface area (Å²) in [5.74, 6) is 1.56. The maximum atomic E-state index is 13.3. The molecule has 1 saturated heterocycles. The van der Waals surface area contributed by atoms with Crippen molar-refractivity contribution in [2.75, 3.05) is 13.1 Å². The summed E-state index contributed by atoms with van der Waals surface area (Å²) in [6.07, 6.45) is 4.75. The highest BCUT2D eigenvalue weighted by atomic mass is 35.5. The summed E-state index contributed by atoms with van der Waals surface area (Å²) in [5, 5.41) is 2.28. The minimum Gasteiger partial charge on any atom is -0.490 e. The van der Waals surface area contributed by atoms with Crippen molar-refractivity contribution in [1.82, 2.24) is 9.47 Å². The van der Waals surface area contributed by atoms with Crippen molar-refractivity contribution in [3.63, 3.8) is 0 Å². The van der Waals surface area contributed by atoms with Crippen LogP contribution in [0, 0.1) is 5.92 Å². The lowest BCUT2D eigenvalue weighted by Crippen LogP contribution is -2.43. The molecule has 1 aromatic heterocycles. The third-order valence-corrected chi connectivity index (χ3v) is 8.91. The zero-order chi connectivity index (χ0) is 26.4. The first-order valence-corrected chi connectivity index (χ1v) is 14.3. The van der Waals surface area contributed by atoms with E-state index in [4.69, 9.17) is 39.5 Å². The van der Waals surface area contributed by atoms with E-state index in [1.54, 1.807) is 28.8 Å². The third kappa shape index (κ3) is 4.96. The number of likely N-dealkylation sites (tertiary alicyclic amines) is 1. The van der Waals surface area contributed by atoms with Crippen LogP contribution in [0.2, 0.25) is 15.1 Å². The van der Waals surface area contributed by atoms with Crippen LogP contribution in [0.1, 0.15) is 32.6 Å². The molecule has 1 saturated carbocycles. The molecule has 1 aliphatic carbocycles. The zero-order valence-electron chi connectivity index (χ0n) is 21.2. The highest BCUT2D eigenvalue weighted by Crippen LogP contribution is 2.40. The topological polar surface area (TPSA) is 34.5 Å². The summed E-state index contributed by atoms with van der Waals surface area (Å²) >= 11 is 19.8. The van der Waals surface area contributed by atoms with Crippen LogP contribution in [0.15, 0.2) is 71.5 Å². The molecule has 7 heteroatoms. The average Bonchev–Trinajstić information content (AvgIpc) is 3.75. The molecule has 4 aromatic rings. The summed E-state index contributed by atoms with van der Waals surface area (Å²) in [6, 6.07) is 20.9. The minimum atomic E-state index is -0.225. The lowest BCUT2D eigenvalue weighted by atomic mass is 9.99. The molecule has 3 aromatic carbocycles. The largest absolute Gasteiger partial charge is 0.490 e. The van der Waals surface area contributed by atoms with E-state index in [-0.39, 0.29) is 11.7 Å². The van der Waals surface area contributed by atoms with Crippen LogP contribution in [0.5, 0.6) is 5.75 Å². The minimum absolute atomic E-state index is 0.0991. The zero-order valence-corrected chi connectivity index (χ0v) is 23.4. The summed E-state index contributed by atoms with van der Waals surface area (Å²) in [6.45, 7) is 4.43. The van der Waals surface area contributed by atoms with Gasteiger partial charge < -0.3 is 9.64 Å². The van der Waals surface area contributed by atoms with Gasteiger partial charge in [-0.2, -0.15) is 0 Å². The maximum absolute atomic E-state index is 13.3. The van der Waals surface area contributed by atoms with Crippen molar-refractivity contribution < 1.29 is 4.74 Å². The van der Waals surface area contributed by atoms with Crippen LogP contribution in [0.25, 0.3) is 27.7 Å². The van der Waals surface area contributed by atoms with Gasteiger partial charge in [0.15, 0.2) is 0 Å².